The van der Waals surface area contributed by atoms with E-state index in [9.17, 15) is 14.7 Å². The third-order valence-corrected chi connectivity index (χ3v) is 5.44. The predicted molar refractivity (Wildman–Crippen MR) is 126 cm³/mol. The number of hydrogen-bond acceptors (Lipinski definition) is 3. The molecule has 1 atom stereocenters. The zero-order valence-corrected chi connectivity index (χ0v) is 19.9. The lowest BCUT2D eigenvalue weighted by Gasteiger charge is -2.31. The number of hydrogen-bond donors (Lipinski definition) is 1. The number of carboxylic acid groups (broad SMARTS) is 1. The lowest BCUT2D eigenvalue weighted by atomic mass is 9.73. The van der Waals surface area contributed by atoms with Crippen molar-refractivity contribution in [2.75, 3.05) is 0 Å². The molecule has 0 radical (unpaired) electrons. The molecule has 31 heavy (non-hydrogen) atoms. The summed E-state index contributed by atoms with van der Waals surface area (Å²) in [4.78, 5) is 22.6. The van der Waals surface area contributed by atoms with Crippen molar-refractivity contribution in [3.05, 3.63) is 71.8 Å². The van der Waals surface area contributed by atoms with Crippen molar-refractivity contribution >= 4 is 11.9 Å². The largest absolute Gasteiger partial charge is 0.481 e. The number of aliphatic carboxylic acids is 1. The van der Waals surface area contributed by atoms with Crippen LogP contribution in [0.25, 0.3) is 0 Å². The molecule has 0 saturated heterocycles. The topological polar surface area (TPSA) is 63.6 Å². The molecule has 0 heterocycles. The summed E-state index contributed by atoms with van der Waals surface area (Å²) in [6.07, 6.45) is 2.79. The highest BCUT2D eigenvalue weighted by Crippen LogP contribution is 2.33. The van der Waals surface area contributed by atoms with Crippen LogP contribution in [0.15, 0.2) is 60.7 Å². The van der Waals surface area contributed by atoms with Gasteiger partial charge in [-0.15, -0.1) is 0 Å². The number of carbonyl (C=O) groups is 2. The van der Waals surface area contributed by atoms with Gasteiger partial charge < -0.3 is 9.84 Å². The quantitative estimate of drug-likeness (QED) is 0.457. The van der Waals surface area contributed by atoms with Crippen molar-refractivity contribution in [2.24, 2.45) is 11.3 Å². The van der Waals surface area contributed by atoms with Gasteiger partial charge in [-0.25, -0.2) is 0 Å². The van der Waals surface area contributed by atoms with E-state index in [1.165, 1.54) is 5.56 Å². The maximum Gasteiger partial charge on any atom is 0.307 e. The average molecular weight is 427 g/mol. The third kappa shape index (κ3) is 8.95. The number of ether oxygens (including phenoxy) is 1. The van der Waals surface area contributed by atoms with E-state index in [4.69, 9.17) is 4.74 Å². The molecule has 0 spiro atoms. The van der Waals surface area contributed by atoms with Crippen molar-refractivity contribution in [2.45, 2.75) is 72.8 Å². The van der Waals surface area contributed by atoms with E-state index < -0.39 is 11.6 Å². The highest BCUT2D eigenvalue weighted by Gasteiger charge is 2.33. The minimum absolute atomic E-state index is 0.133. The molecule has 2 aromatic rings. The van der Waals surface area contributed by atoms with Crippen molar-refractivity contribution in [3.8, 4) is 0 Å². The molecule has 0 fully saturated rings. The van der Waals surface area contributed by atoms with Crippen LogP contribution in [-0.2, 0) is 26.3 Å². The van der Waals surface area contributed by atoms with Gasteiger partial charge in [-0.05, 0) is 49.7 Å². The van der Waals surface area contributed by atoms with Gasteiger partial charge in [0.15, 0.2) is 0 Å². The second kappa shape index (κ2) is 12.3. The number of carboxylic acids is 1. The summed E-state index contributed by atoms with van der Waals surface area (Å²) in [5.41, 5.74) is 1.48. The van der Waals surface area contributed by atoms with Crippen LogP contribution in [0.2, 0.25) is 0 Å². The second-order valence-electron chi connectivity index (χ2n) is 9.05. The highest BCUT2D eigenvalue weighted by molar-refractivity contribution is 5.71. The first-order valence-electron chi connectivity index (χ1n) is 11.1. The van der Waals surface area contributed by atoms with E-state index >= 15 is 0 Å². The maximum absolute atomic E-state index is 11.4. The van der Waals surface area contributed by atoms with Gasteiger partial charge in [0.25, 0.3) is 0 Å². The number of esters is 1. The van der Waals surface area contributed by atoms with Gasteiger partial charge in [0.05, 0.1) is 5.92 Å². The molecule has 0 aliphatic heterocycles. The summed E-state index contributed by atoms with van der Waals surface area (Å²) >= 11 is 0. The lowest BCUT2D eigenvalue weighted by molar-refractivity contribution is -0.157. The van der Waals surface area contributed by atoms with E-state index in [1.54, 1.807) is 0 Å². The van der Waals surface area contributed by atoms with Crippen LogP contribution in [0, 0.1) is 11.3 Å². The molecule has 0 aromatic heterocycles. The van der Waals surface area contributed by atoms with Gasteiger partial charge in [0.1, 0.15) is 5.60 Å². The molecule has 0 bridgehead atoms. The van der Waals surface area contributed by atoms with Gasteiger partial charge >= 0.3 is 11.9 Å². The fraction of sp³-hybridized carbons (Fsp3) is 0.481. The zero-order chi connectivity index (χ0) is 23.5. The molecular weight excluding hydrogens is 388 g/mol. The Labute approximate surface area is 187 Å². The zero-order valence-electron chi connectivity index (χ0n) is 19.9. The smallest absolute Gasteiger partial charge is 0.307 e. The monoisotopic (exact) mass is 426 g/mol. The molecule has 1 N–H and O–H groups in total. The first-order valence-corrected chi connectivity index (χ1v) is 11.1. The molecule has 170 valence electrons. The Hall–Kier alpha value is -2.62. The first-order chi connectivity index (χ1) is 14.5. The van der Waals surface area contributed by atoms with Gasteiger partial charge in [-0.2, -0.15) is 0 Å². The maximum atomic E-state index is 11.4. The Bertz CT molecular complexity index is 795. The SMILES string of the molecule is CCC(C(=O)O)C(C)(C)Cc1ccccc1.CCCC(=O)OC(C)(C)c1ccccc1. The van der Waals surface area contributed by atoms with Crippen molar-refractivity contribution in [3.63, 3.8) is 0 Å². The Morgan fingerprint density at radius 2 is 1.42 bits per heavy atom. The minimum atomic E-state index is -0.691. The molecule has 0 amide bonds. The van der Waals surface area contributed by atoms with Crippen LogP contribution in [0.1, 0.15) is 71.9 Å². The Kier molecular flexibility index (Phi) is 10.5. The van der Waals surface area contributed by atoms with Crippen LogP contribution < -0.4 is 0 Å². The van der Waals surface area contributed by atoms with Crippen LogP contribution in [0.4, 0.5) is 0 Å². The molecule has 0 aliphatic rings. The average Bonchev–Trinajstić information content (AvgIpc) is 2.69. The van der Waals surface area contributed by atoms with Crippen LogP contribution in [0.5, 0.6) is 0 Å². The Balaban J connectivity index is 0.000000311. The number of benzene rings is 2. The van der Waals surface area contributed by atoms with Crippen LogP contribution >= 0.6 is 0 Å². The first kappa shape index (κ1) is 26.4. The molecule has 2 aromatic carbocycles. The summed E-state index contributed by atoms with van der Waals surface area (Å²) in [6, 6.07) is 19.9. The van der Waals surface area contributed by atoms with E-state index in [0.29, 0.717) is 12.8 Å². The Morgan fingerprint density at radius 3 is 1.87 bits per heavy atom. The summed E-state index contributed by atoms with van der Waals surface area (Å²) in [5, 5.41) is 9.19. The molecule has 4 heteroatoms. The van der Waals surface area contributed by atoms with Crippen molar-refractivity contribution in [1.82, 2.24) is 0 Å². The lowest BCUT2D eigenvalue weighted by Crippen LogP contribution is -2.32. The predicted octanol–water partition coefficient (Wildman–Crippen LogP) is 6.63. The van der Waals surface area contributed by atoms with E-state index in [2.05, 4.69) is 12.1 Å². The summed E-state index contributed by atoms with van der Waals surface area (Å²) in [6.45, 7) is 11.8. The molecule has 2 rings (SSSR count). The van der Waals surface area contributed by atoms with Crippen LogP contribution in [-0.4, -0.2) is 17.0 Å². The molecule has 4 nitrogen and oxygen atoms in total. The van der Waals surface area contributed by atoms with E-state index in [-0.39, 0.29) is 17.3 Å². The van der Waals surface area contributed by atoms with E-state index in [0.717, 1.165) is 18.4 Å². The highest BCUT2D eigenvalue weighted by atomic mass is 16.6. The number of carbonyl (C=O) groups excluding carboxylic acids is 1. The van der Waals surface area contributed by atoms with Gasteiger partial charge in [-0.3, -0.25) is 9.59 Å². The fourth-order valence-electron chi connectivity index (χ4n) is 3.74. The van der Waals surface area contributed by atoms with Gasteiger partial charge in [0.2, 0.25) is 0 Å². The van der Waals surface area contributed by atoms with Gasteiger partial charge in [-0.1, -0.05) is 88.4 Å². The van der Waals surface area contributed by atoms with Gasteiger partial charge in [0, 0.05) is 6.42 Å². The summed E-state index contributed by atoms with van der Waals surface area (Å²) < 4.78 is 5.43. The molecular formula is C27H38O4. The number of rotatable bonds is 9. The normalized spacial score (nSPS) is 12.3. The minimum Gasteiger partial charge on any atom is -0.481 e. The molecule has 0 saturated carbocycles. The fourth-order valence-corrected chi connectivity index (χ4v) is 3.74. The summed E-state index contributed by atoms with van der Waals surface area (Å²) in [5.74, 6) is -1.11. The summed E-state index contributed by atoms with van der Waals surface area (Å²) in [7, 11) is 0. The second-order valence-corrected chi connectivity index (χ2v) is 9.05. The Morgan fingerprint density at radius 1 is 0.903 bits per heavy atom. The van der Waals surface area contributed by atoms with Crippen molar-refractivity contribution in [1.29, 1.82) is 0 Å². The molecule has 1 unspecified atom stereocenters. The molecule has 0 aliphatic carbocycles. The van der Waals surface area contributed by atoms with Crippen LogP contribution in [0.3, 0.4) is 0 Å². The van der Waals surface area contributed by atoms with Crippen molar-refractivity contribution < 1.29 is 19.4 Å². The van der Waals surface area contributed by atoms with E-state index in [1.807, 2.05) is 90.1 Å². The third-order valence-electron chi connectivity index (χ3n) is 5.44. The standard InChI is InChI=1S/C14H20O2.C13H18O2/c1-4-12(13(15)16)14(2,3)10-11-8-6-5-7-9-11;1-4-8-12(14)15-13(2,3)11-9-6-5-7-10-11/h5-9,12H,4,10H2,1-3H3,(H,15,16);5-7,9-10H,4,8H2,1-3H3.